The van der Waals surface area contributed by atoms with Crippen LogP contribution in [0.5, 0.6) is 0 Å². The third-order valence-corrected chi connectivity index (χ3v) is 1.50. The number of aromatic nitrogens is 1. The van der Waals surface area contributed by atoms with Crippen LogP contribution >= 0.6 is 0 Å². The van der Waals surface area contributed by atoms with Crippen LogP contribution in [0.3, 0.4) is 0 Å². The van der Waals surface area contributed by atoms with E-state index in [1.54, 1.807) is 12.4 Å². The van der Waals surface area contributed by atoms with Gasteiger partial charge in [0, 0.05) is 24.9 Å². The summed E-state index contributed by atoms with van der Waals surface area (Å²) < 4.78 is 4.96. The zero-order valence-corrected chi connectivity index (χ0v) is 7.15. The number of carbonyl (C=O) groups excluding carboxylic acids is 1. The van der Waals surface area contributed by atoms with Gasteiger partial charge in [-0.25, -0.2) is 0 Å². The molecule has 0 aliphatic carbocycles. The Hall–Kier alpha value is -1.38. The van der Waals surface area contributed by atoms with Crippen LogP contribution in [0.25, 0.3) is 0 Å². The Morgan fingerprint density at radius 2 is 2.42 bits per heavy atom. The van der Waals surface area contributed by atoms with Gasteiger partial charge in [-0.2, -0.15) is 0 Å². The number of hydrogen-bond acceptors (Lipinski definition) is 3. The topological polar surface area (TPSA) is 39.2 Å². The zero-order valence-electron chi connectivity index (χ0n) is 7.15. The van der Waals surface area contributed by atoms with Crippen molar-refractivity contribution in [3.8, 4) is 0 Å². The first-order valence-corrected chi connectivity index (χ1v) is 3.77. The quantitative estimate of drug-likeness (QED) is 0.626. The molecule has 0 saturated heterocycles. The number of hydrogen-bond donors (Lipinski definition) is 0. The Labute approximate surface area is 71.4 Å². The molecule has 1 aromatic rings. The molecule has 1 heterocycles. The smallest absolute Gasteiger partial charge is 0.303 e. The van der Waals surface area contributed by atoms with Gasteiger partial charge in [0.25, 0.3) is 0 Å². The van der Waals surface area contributed by atoms with Crippen LogP contribution in [0, 0.1) is 0 Å². The van der Waals surface area contributed by atoms with Crippen molar-refractivity contribution in [2.45, 2.75) is 20.0 Å². The van der Waals surface area contributed by atoms with Gasteiger partial charge in [-0.05, 0) is 13.0 Å². The molecule has 0 fully saturated rings. The molecule has 0 radical (unpaired) electrons. The molecule has 1 atom stereocenters. The highest BCUT2D eigenvalue weighted by molar-refractivity contribution is 5.66. The van der Waals surface area contributed by atoms with E-state index in [4.69, 9.17) is 4.74 Å². The lowest BCUT2D eigenvalue weighted by molar-refractivity contribution is -0.145. The molecule has 0 amide bonds. The maximum Gasteiger partial charge on any atom is 0.303 e. The minimum absolute atomic E-state index is 0.212. The first-order valence-electron chi connectivity index (χ1n) is 3.77. The van der Waals surface area contributed by atoms with E-state index in [2.05, 4.69) is 4.98 Å². The lowest BCUT2D eigenvalue weighted by atomic mass is 10.2. The van der Waals surface area contributed by atoms with Crippen molar-refractivity contribution in [1.82, 2.24) is 4.98 Å². The van der Waals surface area contributed by atoms with Gasteiger partial charge < -0.3 is 4.74 Å². The average molecular weight is 165 g/mol. The summed E-state index contributed by atoms with van der Waals surface area (Å²) >= 11 is 0. The molecule has 0 bridgehead atoms. The van der Waals surface area contributed by atoms with Crippen LogP contribution in [-0.4, -0.2) is 11.0 Å². The first kappa shape index (κ1) is 8.71. The van der Waals surface area contributed by atoms with Crippen LogP contribution < -0.4 is 0 Å². The molecular formula is C9H11NO2. The predicted molar refractivity (Wildman–Crippen MR) is 44.4 cm³/mol. The number of pyridine rings is 1. The van der Waals surface area contributed by atoms with Crippen molar-refractivity contribution in [1.29, 1.82) is 0 Å². The van der Waals surface area contributed by atoms with Gasteiger partial charge in [-0.1, -0.05) is 6.07 Å². The molecular weight excluding hydrogens is 154 g/mol. The molecule has 64 valence electrons. The lowest BCUT2D eigenvalue weighted by Crippen LogP contribution is -2.04. The fraction of sp³-hybridized carbons (Fsp3) is 0.333. The summed E-state index contributed by atoms with van der Waals surface area (Å²) in [5.41, 5.74) is 0.910. The van der Waals surface area contributed by atoms with Crippen molar-refractivity contribution in [3.63, 3.8) is 0 Å². The van der Waals surface area contributed by atoms with Gasteiger partial charge in [0.05, 0.1) is 0 Å². The second kappa shape index (κ2) is 3.85. The van der Waals surface area contributed by atoms with E-state index in [1.165, 1.54) is 6.92 Å². The summed E-state index contributed by atoms with van der Waals surface area (Å²) in [6, 6.07) is 3.69. The maximum absolute atomic E-state index is 10.6. The van der Waals surface area contributed by atoms with Gasteiger partial charge in [-0.3, -0.25) is 9.78 Å². The lowest BCUT2D eigenvalue weighted by Gasteiger charge is -2.10. The van der Waals surface area contributed by atoms with Crippen molar-refractivity contribution in [2.75, 3.05) is 0 Å². The van der Waals surface area contributed by atoms with Crippen LogP contribution in [0.1, 0.15) is 25.5 Å². The Bertz CT molecular complexity index is 258. The fourth-order valence-corrected chi connectivity index (χ4v) is 0.933. The predicted octanol–water partition coefficient (Wildman–Crippen LogP) is 1.71. The van der Waals surface area contributed by atoms with Crippen molar-refractivity contribution >= 4 is 5.97 Å². The van der Waals surface area contributed by atoms with Crippen LogP contribution in [0.4, 0.5) is 0 Å². The number of nitrogens with zero attached hydrogens (tertiary/aromatic N) is 1. The van der Waals surface area contributed by atoms with E-state index in [9.17, 15) is 4.79 Å². The summed E-state index contributed by atoms with van der Waals surface area (Å²) in [6.07, 6.45) is 3.16. The SMILES string of the molecule is CC(=O)OC(C)c1cccnc1. The van der Waals surface area contributed by atoms with Crippen molar-refractivity contribution in [3.05, 3.63) is 30.1 Å². The number of carbonyl (C=O) groups is 1. The van der Waals surface area contributed by atoms with E-state index in [0.29, 0.717) is 0 Å². The van der Waals surface area contributed by atoms with Gasteiger partial charge in [-0.15, -0.1) is 0 Å². The summed E-state index contributed by atoms with van der Waals surface area (Å²) in [5.74, 6) is -0.272. The molecule has 3 heteroatoms. The molecule has 0 saturated carbocycles. The third-order valence-electron chi connectivity index (χ3n) is 1.50. The molecule has 0 aliphatic rings. The highest BCUT2D eigenvalue weighted by Crippen LogP contribution is 2.14. The van der Waals surface area contributed by atoms with Crippen molar-refractivity contribution < 1.29 is 9.53 Å². The standard InChI is InChI=1S/C9H11NO2/c1-7(12-8(2)11)9-4-3-5-10-6-9/h3-7H,1-2H3. The van der Waals surface area contributed by atoms with Gasteiger partial charge in [0.15, 0.2) is 0 Å². The van der Waals surface area contributed by atoms with E-state index >= 15 is 0 Å². The summed E-state index contributed by atoms with van der Waals surface area (Å²) in [4.78, 5) is 14.5. The molecule has 1 aromatic heterocycles. The monoisotopic (exact) mass is 165 g/mol. The maximum atomic E-state index is 10.6. The van der Waals surface area contributed by atoms with E-state index < -0.39 is 0 Å². The number of rotatable bonds is 2. The molecule has 0 aliphatic heterocycles. The number of ether oxygens (including phenoxy) is 1. The minimum Gasteiger partial charge on any atom is -0.458 e. The highest BCUT2D eigenvalue weighted by atomic mass is 16.5. The molecule has 0 spiro atoms. The number of esters is 1. The van der Waals surface area contributed by atoms with Crippen LogP contribution in [0.2, 0.25) is 0 Å². The summed E-state index contributed by atoms with van der Waals surface area (Å²) in [6.45, 7) is 3.21. The Kier molecular flexibility index (Phi) is 2.80. The molecule has 1 unspecified atom stereocenters. The van der Waals surface area contributed by atoms with Gasteiger partial charge in [0.1, 0.15) is 6.10 Å². The second-order valence-electron chi connectivity index (χ2n) is 2.54. The van der Waals surface area contributed by atoms with Gasteiger partial charge >= 0.3 is 5.97 Å². The Balaban J connectivity index is 2.65. The summed E-state index contributed by atoms with van der Waals surface area (Å²) in [5, 5.41) is 0. The van der Waals surface area contributed by atoms with Crippen LogP contribution in [-0.2, 0) is 9.53 Å². The molecule has 3 nitrogen and oxygen atoms in total. The summed E-state index contributed by atoms with van der Waals surface area (Å²) in [7, 11) is 0. The highest BCUT2D eigenvalue weighted by Gasteiger charge is 2.06. The van der Waals surface area contributed by atoms with Crippen molar-refractivity contribution in [2.24, 2.45) is 0 Å². The second-order valence-corrected chi connectivity index (χ2v) is 2.54. The molecule has 0 aromatic carbocycles. The van der Waals surface area contributed by atoms with E-state index in [0.717, 1.165) is 5.56 Å². The zero-order chi connectivity index (χ0) is 8.97. The average Bonchev–Trinajstić information content (AvgIpc) is 2.05. The fourth-order valence-electron chi connectivity index (χ4n) is 0.933. The third kappa shape index (κ3) is 2.34. The van der Waals surface area contributed by atoms with E-state index in [1.807, 2.05) is 19.1 Å². The molecule has 1 rings (SSSR count). The van der Waals surface area contributed by atoms with Gasteiger partial charge in [0.2, 0.25) is 0 Å². The Morgan fingerprint density at radius 3 is 2.92 bits per heavy atom. The Morgan fingerprint density at radius 1 is 1.67 bits per heavy atom. The largest absolute Gasteiger partial charge is 0.458 e. The molecule has 0 N–H and O–H groups in total. The van der Waals surface area contributed by atoms with Crippen LogP contribution in [0.15, 0.2) is 24.5 Å². The minimum atomic E-state index is -0.272. The first-order chi connectivity index (χ1) is 5.70. The normalized spacial score (nSPS) is 12.2. The van der Waals surface area contributed by atoms with E-state index in [-0.39, 0.29) is 12.1 Å². The molecule has 12 heavy (non-hydrogen) atoms.